The summed E-state index contributed by atoms with van der Waals surface area (Å²) in [6.45, 7) is -0.273. The zero-order chi connectivity index (χ0) is 23.9. The fraction of sp³-hybridized carbons (Fsp3) is 0.348. The minimum absolute atomic E-state index is 0.0332. The number of piperidine rings is 1. The van der Waals surface area contributed by atoms with Gasteiger partial charge < -0.3 is 4.90 Å². The van der Waals surface area contributed by atoms with Gasteiger partial charge in [0, 0.05) is 51.9 Å². The van der Waals surface area contributed by atoms with Gasteiger partial charge in [-0.2, -0.15) is 10.2 Å². The lowest BCUT2D eigenvalue weighted by Crippen LogP contribution is -2.31. The van der Waals surface area contributed by atoms with E-state index in [4.69, 9.17) is 4.11 Å². The van der Waals surface area contributed by atoms with Crippen molar-refractivity contribution >= 4 is 16.7 Å². The van der Waals surface area contributed by atoms with Crippen molar-refractivity contribution in [3.8, 4) is 11.1 Å². The van der Waals surface area contributed by atoms with Gasteiger partial charge in [0.05, 0.1) is 42.1 Å². The van der Waals surface area contributed by atoms with Gasteiger partial charge in [0.1, 0.15) is 0 Å². The van der Waals surface area contributed by atoms with Crippen molar-refractivity contribution in [2.75, 3.05) is 20.1 Å². The van der Waals surface area contributed by atoms with Crippen LogP contribution in [0.25, 0.3) is 22.0 Å². The fourth-order valence-electron chi connectivity index (χ4n) is 4.01. The number of ketones is 1. The molecule has 4 aromatic rings. The van der Waals surface area contributed by atoms with E-state index < -0.39 is 6.98 Å². The Bertz CT molecular complexity index is 1340. The molecule has 1 fully saturated rings. The van der Waals surface area contributed by atoms with Gasteiger partial charge >= 0.3 is 0 Å². The maximum absolute atomic E-state index is 12.9. The molecule has 0 unspecified atom stereocenters. The van der Waals surface area contributed by atoms with E-state index in [0.717, 1.165) is 41.6 Å². The lowest BCUT2D eigenvalue weighted by Gasteiger charge is -2.28. The maximum atomic E-state index is 12.9. The number of Topliss-reactive ketones (excluding diaryl/α,β-unsaturated/α-hetero) is 1. The van der Waals surface area contributed by atoms with E-state index in [1.165, 1.54) is 12.4 Å². The van der Waals surface area contributed by atoms with E-state index in [9.17, 15) is 4.79 Å². The molecule has 158 valence electrons. The van der Waals surface area contributed by atoms with Gasteiger partial charge in [-0.3, -0.25) is 24.1 Å². The van der Waals surface area contributed by atoms with Crippen LogP contribution >= 0.6 is 0 Å². The molecule has 1 aliphatic rings. The number of carbonyl (C=O) groups is 1. The van der Waals surface area contributed by atoms with Crippen LogP contribution in [0.5, 0.6) is 0 Å². The van der Waals surface area contributed by atoms with Crippen LogP contribution in [0.1, 0.15) is 39.0 Å². The van der Waals surface area contributed by atoms with Crippen molar-refractivity contribution in [1.29, 1.82) is 0 Å². The summed E-state index contributed by atoms with van der Waals surface area (Å²) in [6.07, 6.45) is 12.0. The lowest BCUT2D eigenvalue weighted by molar-refractivity contribution is 0.0991. The number of hydrogen-bond donors (Lipinski definition) is 0. The second kappa shape index (κ2) is 8.03. The smallest absolute Gasteiger partial charge is 0.171 e. The Balaban J connectivity index is 1.33. The number of nitrogens with zero attached hydrogens (tertiary/aromatic N) is 7. The third-order valence-electron chi connectivity index (χ3n) is 5.87. The molecule has 0 N–H and O–H groups in total. The first-order valence-corrected chi connectivity index (χ1v) is 10.3. The van der Waals surface area contributed by atoms with Gasteiger partial charge in [-0.15, -0.1) is 0 Å². The molecule has 0 spiro atoms. The van der Waals surface area contributed by atoms with Gasteiger partial charge in [0.15, 0.2) is 5.78 Å². The second-order valence-electron chi connectivity index (χ2n) is 8.11. The summed E-state index contributed by atoms with van der Waals surface area (Å²) in [7, 11) is 2.12. The van der Waals surface area contributed by atoms with Crippen molar-refractivity contribution in [1.82, 2.24) is 34.4 Å². The SMILES string of the molecule is [2H]C([2H])([2H])n1cc(-c2cnc3cnc(CC(=O)c4cnn(C5CCN(C)CC5)c4)cc3c2)cn1. The zero-order valence-electron chi connectivity index (χ0n) is 20.3. The van der Waals surface area contributed by atoms with Gasteiger partial charge in [-0.05, 0) is 45.1 Å². The number of likely N-dealkylation sites (tertiary alicyclic amines) is 1. The van der Waals surface area contributed by atoms with E-state index >= 15 is 0 Å². The molecule has 4 aromatic heterocycles. The Kier molecular flexibility index (Phi) is 4.23. The lowest BCUT2D eigenvalue weighted by atomic mass is 10.1. The van der Waals surface area contributed by atoms with Gasteiger partial charge in [0.2, 0.25) is 0 Å². The monoisotopic (exact) mass is 418 g/mol. The van der Waals surface area contributed by atoms with Gasteiger partial charge in [-0.25, -0.2) is 0 Å². The number of aromatic nitrogens is 6. The Morgan fingerprint density at radius 2 is 1.94 bits per heavy atom. The van der Waals surface area contributed by atoms with E-state index in [1.54, 1.807) is 18.6 Å². The van der Waals surface area contributed by atoms with Gasteiger partial charge in [-0.1, -0.05) is 0 Å². The molecule has 0 radical (unpaired) electrons. The molecular weight excluding hydrogens is 390 g/mol. The van der Waals surface area contributed by atoms with E-state index in [-0.39, 0.29) is 12.2 Å². The fourth-order valence-corrected chi connectivity index (χ4v) is 4.01. The summed E-state index contributed by atoms with van der Waals surface area (Å²) in [5.41, 5.74) is 3.32. The second-order valence-corrected chi connectivity index (χ2v) is 8.11. The summed E-state index contributed by atoms with van der Waals surface area (Å²) in [4.78, 5) is 24.0. The molecular formula is C23H25N7O. The van der Waals surface area contributed by atoms with Crippen LogP contribution in [0.3, 0.4) is 0 Å². The highest BCUT2D eigenvalue weighted by Crippen LogP contribution is 2.24. The third-order valence-corrected chi connectivity index (χ3v) is 5.87. The molecule has 1 saturated heterocycles. The molecule has 0 saturated carbocycles. The molecule has 0 bridgehead atoms. The molecule has 0 amide bonds. The summed E-state index contributed by atoms with van der Waals surface area (Å²) < 4.78 is 25.3. The minimum atomic E-state index is -2.33. The predicted molar refractivity (Wildman–Crippen MR) is 118 cm³/mol. The van der Waals surface area contributed by atoms with Crippen molar-refractivity contribution in [3.63, 3.8) is 0 Å². The van der Waals surface area contributed by atoms with Crippen LogP contribution in [0, 0.1) is 0 Å². The highest BCUT2D eigenvalue weighted by molar-refractivity contribution is 5.97. The normalized spacial score (nSPS) is 17.4. The first-order valence-electron chi connectivity index (χ1n) is 11.8. The molecule has 0 aromatic carbocycles. The van der Waals surface area contributed by atoms with Crippen molar-refractivity contribution < 1.29 is 8.91 Å². The molecule has 31 heavy (non-hydrogen) atoms. The van der Waals surface area contributed by atoms with Crippen molar-refractivity contribution in [2.24, 2.45) is 6.98 Å². The molecule has 8 heteroatoms. The quantitative estimate of drug-likeness (QED) is 0.464. The zero-order valence-corrected chi connectivity index (χ0v) is 17.3. The van der Waals surface area contributed by atoms with E-state index in [1.807, 2.05) is 23.0 Å². The van der Waals surface area contributed by atoms with Gasteiger partial charge in [0.25, 0.3) is 0 Å². The Labute approximate surface area is 184 Å². The summed E-state index contributed by atoms with van der Waals surface area (Å²) >= 11 is 0. The van der Waals surface area contributed by atoms with Crippen LogP contribution in [0.2, 0.25) is 0 Å². The van der Waals surface area contributed by atoms with Crippen LogP contribution in [-0.2, 0) is 13.4 Å². The van der Waals surface area contributed by atoms with Crippen molar-refractivity contribution in [3.05, 3.63) is 60.6 Å². The maximum Gasteiger partial charge on any atom is 0.171 e. The highest BCUT2D eigenvalue weighted by atomic mass is 16.1. The first-order chi connectivity index (χ1) is 16.3. The van der Waals surface area contributed by atoms with Crippen LogP contribution < -0.4 is 0 Å². The third kappa shape index (κ3) is 4.11. The number of rotatable bonds is 5. The average Bonchev–Trinajstić information content (AvgIpc) is 3.49. The number of fused-ring (bicyclic) bond motifs is 1. The van der Waals surface area contributed by atoms with Crippen LogP contribution in [0.4, 0.5) is 0 Å². The highest BCUT2D eigenvalue weighted by Gasteiger charge is 2.20. The molecule has 5 heterocycles. The topological polar surface area (TPSA) is 81.7 Å². The van der Waals surface area contributed by atoms with Crippen LogP contribution in [0.15, 0.2) is 49.3 Å². The number of pyridine rings is 2. The van der Waals surface area contributed by atoms with E-state index in [2.05, 4.69) is 32.1 Å². The Morgan fingerprint density at radius 3 is 2.74 bits per heavy atom. The Hall–Kier alpha value is -3.39. The predicted octanol–water partition coefficient (Wildman–Crippen LogP) is 2.92. The number of carbonyl (C=O) groups excluding carboxylic acids is 1. The largest absolute Gasteiger partial charge is 0.306 e. The first kappa shape index (κ1) is 16.3. The molecule has 1 aliphatic heterocycles. The average molecular weight is 419 g/mol. The number of hydrogen-bond acceptors (Lipinski definition) is 6. The summed E-state index contributed by atoms with van der Waals surface area (Å²) in [5, 5.41) is 9.19. The Morgan fingerprint density at radius 1 is 1.06 bits per heavy atom. The molecule has 5 rings (SSSR count). The molecule has 0 atom stereocenters. The minimum Gasteiger partial charge on any atom is -0.306 e. The van der Waals surface area contributed by atoms with Crippen molar-refractivity contribution in [2.45, 2.75) is 25.3 Å². The summed E-state index contributed by atoms with van der Waals surface area (Å²) in [5.74, 6) is -0.0332. The van der Waals surface area contributed by atoms with E-state index in [0.29, 0.717) is 28.4 Å². The molecule has 0 aliphatic carbocycles. The standard InChI is InChI=1S/C23H25N7O/c1-28-5-3-21(4-6-28)30-15-19(12-27-30)23(31)9-20-8-16-7-17(10-25-22(16)13-24-20)18-11-26-29(2)14-18/h7-8,10-15,21H,3-6,9H2,1-2H3/i2D3. The van der Waals surface area contributed by atoms with Crippen LogP contribution in [-0.4, -0.2) is 60.3 Å². The summed E-state index contributed by atoms with van der Waals surface area (Å²) in [6, 6.07) is 4.08. The molecule has 8 nitrogen and oxygen atoms in total. The number of aryl methyl sites for hydroxylation is 1.